The number of hydrogen-bond acceptors (Lipinski definition) is 7. The number of nitrogens with two attached hydrogens (primary N) is 1. The number of rotatable bonds is 1. The predicted octanol–water partition coefficient (Wildman–Crippen LogP) is 3.59. The van der Waals surface area contributed by atoms with Gasteiger partial charge in [0.2, 0.25) is 0 Å². The lowest BCUT2D eigenvalue weighted by atomic mass is 10.7. The molecule has 0 spiro atoms. The van der Waals surface area contributed by atoms with Gasteiger partial charge in [-0.1, -0.05) is 35.3 Å². The number of carbonyl (C=O) groups excluding carboxylic acids is 1. The van der Waals surface area contributed by atoms with Gasteiger partial charge in [0.15, 0.2) is 3.41 Å². The number of amides is 1. The van der Waals surface area contributed by atoms with E-state index in [0.717, 1.165) is 0 Å². The van der Waals surface area contributed by atoms with E-state index in [9.17, 15) is 4.79 Å². The van der Waals surface area contributed by atoms with Crippen molar-refractivity contribution in [2.75, 3.05) is 0 Å². The predicted molar refractivity (Wildman–Crippen MR) is 82.7 cm³/mol. The fourth-order valence-corrected chi connectivity index (χ4v) is 23.0. The zero-order valence-corrected chi connectivity index (χ0v) is 13.8. The summed E-state index contributed by atoms with van der Waals surface area (Å²) in [7, 11) is 0. The van der Waals surface area contributed by atoms with Gasteiger partial charge in [0.05, 0.1) is 0 Å². The highest BCUT2D eigenvalue weighted by Gasteiger charge is 2.70. The molecule has 4 saturated heterocycles. The molecule has 0 atom stereocenters. The molecule has 0 aromatic heterocycles. The van der Waals surface area contributed by atoms with E-state index in [1.807, 2.05) is 35.3 Å². The van der Waals surface area contributed by atoms with Crippen LogP contribution in [-0.2, 0) is 4.79 Å². The normalized spacial score (nSPS) is 58.9. The van der Waals surface area contributed by atoms with Crippen LogP contribution in [0.1, 0.15) is 20.8 Å². The van der Waals surface area contributed by atoms with Gasteiger partial charge in [-0.2, -0.15) is 0 Å². The molecule has 1 amide bonds. The minimum atomic E-state index is -0.486. The van der Waals surface area contributed by atoms with Crippen LogP contribution in [0.3, 0.4) is 0 Å². The van der Waals surface area contributed by atoms with Crippen LogP contribution in [0.4, 0.5) is 0 Å². The fourth-order valence-electron chi connectivity index (χ4n) is 2.14. The maximum atomic E-state index is 11.8. The molecular weight excluding hydrogens is 318 g/mol. The maximum absolute atomic E-state index is 11.8. The van der Waals surface area contributed by atoms with Crippen molar-refractivity contribution >= 4 is 76.5 Å². The summed E-state index contributed by atoms with van der Waals surface area (Å²) >= 11 is 11.1. The quantitative estimate of drug-likeness (QED) is 0.788. The Morgan fingerprint density at radius 2 is 1.12 bits per heavy atom. The van der Waals surface area contributed by atoms with Crippen LogP contribution in [0, 0.1) is 0 Å². The molecule has 4 aliphatic rings. The van der Waals surface area contributed by atoms with Crippen LogP contribution >= 0.6 is 70.6 Å². The Balaban J connectivity index is 2.11. The van der Waals surface area contributed by atoms with Crippen molar-refractivity contribution in [3.8, 4) is 0 Å². The molecule has 2 N–H and O–H groups in total. The molecule has 0 saturated carbocycles. The summed E-state index contributed by atoms with van der Waals surface area (Å²) in [5.41, 5.74) is 5.64. The summed E-state index contributed by atoms with van der Waals surface area (Å²) in [5.74, 6) is -0.183. The van der Waals surface area contributed by atoms with Gasteiger partial charge in [-0.25, -0.2) is 0 Å². The number of primary amides is 1. The van der Waals surface area contributed by atoms with Crippen molar-refractivity contribution in [1.29, 1.82) is 0 Å². The van der Waals surface area contributed by atoms with Gasteiger partial charge in [-0.3, -0.25) is 4.79 Å². The van der Waals surface area contributed by atoms with Crippen molar-refractivity contribution in [3.63, 3.8) is 0 Å². The van der Waals surface area contributed by atoms with E-state index in [4.69, 9.17) is 5.73 Å². The van der Waals surface area contributed by atoms with Gasteiger partial charge < -0.3 is 5.73 Å². The first-order valence-corrected chi connectivity index (χ1v) is 9.59. The van der Waals surface area contributed by atoms with E-state index in [1.54, 1.807) is 35.3 Å². The third-order valence-corrected chi connectivity index (χ3v) is 13.1. The highest BCUT2D eigenvalue weighted by Crippen LogP contribution is 2.88. The molecule has 0 radical (unpaired) electrons. The molecule has 4 aliphatic heterocycles. The summed E-state index contributed by atoms with van der Waals surface area (Å²) in [6, 6.07) is 0. The lowest BCUT2D eigenvalue weighted by molar-refractivity contribution is -0.116. The first-order valence-electron chi connectivity index (χ1n) is 4.69. The molecule has 0 unspecified atom stereocenters. The van der Waals surface area contributed by atoms with Gasteiger partial charge in [0, 0.05) is 0 Å². The third-order valence-electron chi connectivity index (χ3n) is 2.37. The Hall–Kier alpha value is 1.57. The molecule has 8 heteroatoms. The van der Waals surface area contributed by atoms with Crippen molar-refractivity contribution in [3.05, 3.63) is 0 Å². The van der Waals surface area contributed by atoms with Gasteiger partial charge in [-0.15, -0.1) is 35.3 Å². The van der Waals surface area contributed by atoms with Gasteiger partial charge in [0.1, 0.15) is 10.2 Å². The second-order valence-electron chi connectivity index (χ2n) is 4.12. The Morgan fingerprint density at radius 1 is 0.812 bits per heavy atom. The van der Waals surface area contributed by atoms with E-state index in [1.165, 1.54) is 0 Å². The summed E-state index contributed by atoms with van der Waals surface area (Å²) in [6.45, 7) is 6.67. The monoisotopic (exact) mass is 329 g/mol. The zero-order valence-electron chi connectivity index (χ0n) is 8.94. The lowest BCUT2D eigenvalue weighted by Gasteiger charge is -2.63. The van der Waals surface area contributed by atoms with Gasteiger partial charge in [0.25, 0.3) is 5.91 Å². The second kappa shape index (κ2) is 3.36. The number of carbonyl (C=O) groups is 1. The molecule has 0 aromatic rings. The van der Waals surface area contributed by atoms with E-state index >= 15 is 0 Å². The summed E-state index contributed by atoms with van der Waals surface area (Å²) in [6.07, 6.45) is 0. The molecule has 0 aliphatic carbocycles. The van der Waals surface area contributed by atoms with Crippen LogP contribution in [0.2, 0.25) is 0 Å². The molecule has 2 nitrogen and oxygen atoms in total. The van der Waals surface area contributed by atoms with Crippen LogP contribution in [0.25, 0.3) is 0 Å². The minimum Gasteiger partial charge on any atom is -0.367 e. The van der Waals surface area contributed by atoms with Crippen LogP contribution in [0.5, 0.6) is 0 Å². The Labute approximate surface area is 121 Å². The average Bonchev–Trinajstić information content (AvgIpc) is 1.92. The largest absolute Gasteiger partial charge is 0.367 e. The standard InChI is InChI=1S/C8H11NOS6/c1-5-11-6(2)13-7(3,12-5)16-8(14-5,15-6)4(9)10/h1-3H3,(H2,9,10). The summed E-state index contributed by atoms with van der Waals surface area (Å²) in [4.78, 5) is 11.8. The van der Waals surface area contributed by atoms with Crippen molar-refractivity contribution in [2.24, 2.45) is 5.73 Å². The summed E-state index contributed by atoms with van der Waals surface area (Å²) < 4.78 is -0.319. The average molecular weight is 330 g/mol. The zero-order chi connectivity index (χ0) is 11.8. The molecule has 16 heavy (non-hydrogen) atoms. The topological polar surface area (TPSA) is 43.1 Å². The van der Waals surface area contributed by atoms with Crippen molar-refractivity contribution in [2.45, 2.75) is 34.4 Å². The minimum absolute atomic E-state index is 0.0558. The second-order valence-corrected chi connectivity index (χ2v) is 17.6. The molecule has 4 rings (SSSR count). The molecule has 4 fully saturated rings. The third kappa shape index (κ3) is 1.74. The van der Waals surface area contributed by atoms with E-state index in [0.29, 0.717) is 0 Å². The van der Waals surface area contributed by atoms with Gasteiger partial charge >= 0.3 is 0 Å². The lowest BCUT2D eigenvalue weighted by Crippen LogP contribution is -2.55. The molecular formula is C8H11NOS6. The highest BCUT2D eigenvalue weighted by molar-refractivity contribution is 8.65. The SMILES string of the molecule is CC12SC3(C)SC(C)(S1)SC(C(N)=O)(S2)S3. The first-order chi connectivity index (χ1) is 7.19. The van der Waals surface area contributed by atoms with Crippen LogP contribution in [-0.4, -0.2) is 19.6 Å². The Kier molecular flexibility index (Phi) is 2.65. The van der Waals surface area contributed by atoms with Crippen molar-refractivity contribution in [1.82, 2.24) is 0 Å². The van der Waals surface area contributed by atoms with E-state index in [2.05, 4.69) is 20.8 Å². The van der Waals surface area contributed by atoms with E-state index in [-0.39, 0.29) is 16.1 Å². The highest BCUT2D eigenvalue weighted by atomic mass is 32.4. The van der Waals surface area contributed by atoms with Gasteiger partial charge in [-0.05, 0) is 20.8 Å². The van der Waals surface area contributed by atoms with Crippen LogP contribution < -0.4 is 5.73 Å². The maximum Gasteiger partial charge on any atom is 0.254 e. The first kappa shape index (κ1) is 12.6. The van der Waals surface area contributed by atoms with E-state index < -0.39 is 3.41 Å². The van der Waals surface area contributed by atoms with Crippen LogP contribution in [0.15, 0.2) is 0 Å². The number of hydrogen-bond donors (Lipinski definition) is 1. The Bertz CT molecular complexity index is 333. The Morgan fingerprint density at radius 3 is 1.38 bits per heavy atom. The summed E-state index contributed by atoms with van der Waals surface area (Å²) in [5, 5.41) is 0. The molecule has 0 aromatic carbocycles. The molecule has 4 heterocycles. The smallest absolute Gasteiger partial charge is 0.254 e. The fraction of sp³-hybridized carbons (Fsp3) is 0.875. The molecule has 90 valence electrons. The van der Waals surface area contributed by atoms with Crippen molar-refractivity contribution < 1.29 is 4.79 Å². The number of thioether (sulfide) groups is 6. The molecule has 4 bridgehead atoms.